The van der Waals surface area contributed by atoms with E-state index in [1.165, 1.54) is 0 Å². The lowest BCUT2D eigenvalue weighted by Crippen LogP contribution is -2.48. The smallest absolute Gasteiger partial charge is 0.195 e. The van der Waals surface area contributed by atoms with Crippen molar-refractivity contribution in [2.75, 3.05) is 59.9 Å². The number of benzene rings is 1. The summed E-state index contributed by atoms with van der Waals surface area (Å²) in [4.78, 5) is 11.4. The Balaban J connectivity index is 1.35. The van der Waals surface area contributed by atoms with Gasteiger partial charge in [0.15, 0.2) is 11.5 Å². The third kappa shape index (κ3) is 5.51. The molecule has 138 valence electrons. The predicted molar refractivity (Wildman–Crippen MR) is 99.8 cm³/mol. The number of nitrogens with zero attached hydrogens (tertiary/aromatic N) is 4. The number of oxazole rings is 1. The Morgan fingerprint density at radius 1 is 1.24 bits per heavy atom. The Kier molecular flexibility index (Phi) is 6.42. The van der Waals surface area contributed by atoms with Crippen LogP contribution in [0, 0.1) is 0 Å². The summed E-state index contributed by atoms with van der Waals surface area (Å²) in [6.07, 6.45) is 1.51. The van der Waals surface area contributed by atoms with Crippen LogP contribution < -0.4 is 0 Å². The van der Waals surface area contributed by atoms with Crippen LogP contribution in [0.15, 0.2) is 28.7 Å². The Labute approximate surface area is 150 Å². The maximum absolute atomic E-state index is 10.3. The van der Waals surface area contributed by atoms with Crippen LogP contribution in [0.2, 0.25) is 0 Å². The molecule has 0 bridgehead atoms. The van der Waals surface area contributed by atoms with E-state index in [0.717, 1.165) is 69.1 Å². The molecule has 2 heterocycles. The Morgan fingerprint density at radius 2 is 2.00 bits per heavy atom. The molecule has 1 atom stereocenters. The quantitative estimate of drug-likeness (QED) is 0.778. The molecule has 6 nitrogen and oxygen atoms in total. The minimum atomic E-state index is -0.294. The molecule has 1 aliphatic heterocycles. The van der Waals surface area contributed by atoms with E-state index < -0.39 is 0 Å². The molecule has 0 radical (unpaired) electrons. The van der Waals surface area contributed by atoms with E-state index in [1.54, 1.807) is 0 Å². The Bertz CT molecular complexity index is 619. The van der Waals surface area contributed by atoms with Gasteiger partial charge in [0.05, 0.1) is 6.10 Å². The lowest BCUT2D eigenvalue weighted by atomic mass is 10.2. The summed E-state index contributed by atoms with van der Waals surface area (Å²) < 4.78 is 5.75. The van der Waals surface area contributed by atoms with Gasteiger partial charge in [-0.1, -0.05) is 12.1 Å². The van der Waals surface area contributed by atoms with Crippen molar-refractivity contribution in [1.82, 2.24) is 19.7 Å². The average molecular weight is 346 g/mol. The molecule has 0 saturated carbocycles. The van der Waals surface area contributed by atoms with E-state index in [1.807, 2.05) is 24.3 Å². The number of hydrogen-bond acceptors (Lipinski definition) is 6. The summed E-state index contributed by atoms with van der Waals surface area (Å²) in [6.45, 7) is 6.69. The van der Waals surface area contributed by atoms with Gasteiger partial charge in [-0.05, 0) is 39.2 Å². The first-order valence-electron chi connectivity index (χ1n) is 9.22. The Morgan fingerprint density at radius 3 is 2.76 bits per heavy atom. The average Bonchev–Trinajstić information content (AvgIpc) is 2.99. The van der Waals surface area contributed by atoms with E-state index in [0.29, 0.717) is 6.54 Å². The monoisotopic (exact) mass is 346 g/mol. The molecule has 1 aliphatic rings. The third-order valence-electron chi connectivity index (χ3n) is 4.86. The van der Waals surface area contributed by atoms with E-state index in [9.17, 15) is 5.11 Å². The van der Waals surface area contributed by atoms with Crippen LogP contribution >= 0.6 is 0 Å². The van der Waals surface area contributed by atoms with Crippen LogP contribution in [0.1, 0.15) is 12.3 Å². The molecule has 0 aliphatic carbocycles. The topological polar surface area (TPSA) is 56.0 Å². The van der Waals surface area contributed by atoms with Gasteiger partial charge in [-0.3, -0.25) is 4.90 Å². The second-order valence-electron chi connectivity index (χ2n) is 7.20. The predicted octanol–water partition coefficient (Wildman–Crippen LogP) is 1.30. The summed E-state index contributed by atoms with van der Waals surface area (Å²) >= 11 is 0. The van der Waals surface area contributed by atoms with Gasteiger partial charge in [0.1, 0.15) is 5.52 Å². The lowest BCUT2D eigenvalue weighted by Gasteiger charge is -2.34. The number of aromatic nitrogens is 1. The molecular formula is C19H30N4O2. The molecule has 3 rings (SSSR count). The molecule has 1 fully saturated rings. The number of piperazine rings is 1. The number of likely N-dealkylation sites (N-methyl/N-ethyl adjacent to an activating group) is 2. The molecule has 1 aromatic heterocycles. The molecule has 1 aromatic carbocycles. The van der Waals surface area contributed by atoms with Gasteiger partial charge < -0.3 is 19.3 Å². The van der Waals surface area contributed by atoms with Gasteiger partial charge in [0.25, 0.3) is 0 Å². The molecule has 0 amide bonds. The molecule has 1 unspecified atom stereocenters. The number of aliphatic hydroxyl groups excluding tert-OH is 1. The first kappa shape index (κ1) is 18.3. The van der Waals surface area contributed by atoms with Gasteiger partial charge in [0.2, 0.25) is 0 Å². The number of aryl methyl sites for hydroxylation is 1. The molecule has 6 heteroatoms. The number of aliphatic hydroxyl groups is 1. The number of rotatable bonds is 8. The number of β-amino-alcohol motifs (C(OH)–C–C–N with tert-alkyl or cyclic N) is 1. The molecule has 1 N–H and O–H groups in total. The second kappa shape index (κ2) is 8.76. The highest BCUT2D eigenvalue weighted by molar-refractivity contribution is 5.72. The largest absolute Gasteiger partial charge is 0.441 e. The highest BCUT2D eigenvalue weighted by Gasteiger charge is 2.18. The maximum Gasteiger partial charge on any atom is 0.195 e. The lowest BCUT2D eigenvalue weighted by molar-refractivity contribution is 0.0605. The van der Waals surface area contributed by atoms with Crippen LogP contribution in [0.4, 0.5) is 0 Å². The zero-order valence-corrected chi connectivity index (χ0v) is 15.4. The maximum atomic E-state index is 10.3. The number of para-hydroxylation sites is 2. The van der Waals surface area contributed by atoms with Crippen molar-refractivity contribution < 1.29 is 9.52 Å². The minimum absolute atomic E-state index is 0.294. The van der Waals surface area contributed by atoms with Crippen molar-refractivity contribution in [3.05, 3.63) is 30.2 Å². The fraction of sp³-hybridized carbons (Fsp3) is 0.632. The zero-order valence-electron chi connectivity index (χ0n) is 15.4. The van der Waals surface area contributed by atoms with E-state index in [2.05, 4.69) is 33.8 Å². The summed E-state index contributed by atoms with van der Waals surface area (Å²) in [5.41, 5.74) is 1.78. The highest BCUT2D eigenvalue weighted by atomic mass is 16.3. The van der Waals surface area contributed by atoms with Crippen LogP contribution in [-0.2, 0) is 6.42 Å². The van der Waals surface area contributed by atoms with Crippen molar-refractivity contribution in [3.8, 4) is 0 Å². The van der Waals surface area contributed by atoms with Gasteiger partial charge in [-0.15, -0.1) is 0 Å². The fourth-order valence-corrected chi connectivity index (χ4v) is 3.36. The van der Waals surface area contributed by atoms with Gasteiger partial charge in [-0.25, -0.2) is 4.98 Å². The van der Waals surface area contributed by atoms with Crippen molar-refractivity contribution >= 4 is 11.1 Å². The van der Waals surface area contributed by atoms with Crippen LogP contribution in [-0.4, -0.2) is 90.8 Å². The normalized spacial score (nSPS) is 18.2. The summed E-state index contributed by atoms with van der Waals surface area (Å²) in [5, 5.41) is 10.3. The molecular weight excluding hydrogens is 316 g/mol. The van der Waals surface area contributed by atoms with Gasteiger partial charge >= 0.3 is 0 Å². The molecule has 0 spiro atoms. The van der Waals surface area contributed by atoms with Gasteiger partial charge in [0, 0.05) is 45.7 Å². The molecule has 1 saturated heterocycles. The van der Waals surface area contributed by atoms with Crippen LogP contribution in [0.3, 0.4) is 0 Å². The molecule has 2 aromatic rings. The van der Waals surface area contributed by atoms with Crippen molar-refractivity contribution in [2.24, 2.45) is 0 Å². The van der Waals surface area contributed by atoms with E-state index >= 15 is 0 Å². The summed E-state index contributed by atoms with van der Waals surface area (Å²) in [7, 11) is 4.22. The Hall–Kier alpha value is -1.47. The van der Waals surface area contributed by atoms with E-state index in [4.69, 9.17) is 4.42 Å². The van der Waals surface area contributed by atoms with Crippen molar-refractivity contribution in [3.63, 3.8) is 0 Å². The fourth-order valence-electron chi connectivity index (χ4n) is 3.36. The number of fused-ring (bicyclic) bond motifs is 1. The van der Waals surface area contributed by atoms with Crippen molar-refractivity contribution in [2.45, 2.75) is 18.9 Å². The zero-order chi connectivity index (χ0) is 17.6. The first-order valence-corrected chi connectivity index (χ1v) is 9.22. The SMILES string of the molecule is CN1CCN(CC(O)CN(C)CCCc2nc3ccccc3o2)CC1. The summed E-state index contributed by atoms with van der Waals surface area (Å²) in [5.74, 6) is 0.799. The van der Waals surface area contributed by atoms with Crippen molar-refractivity contribution in [1.29, 1.82) is 0 Å². The molecule has 25 heavy (non-hydrogen) atoms. The first-order chi connectivity index (χ1) is 12.1. The summed E-state index contributed by atoms with van der Waals surface area (Å²) in [6, 6.07) is 7.87. The third-order valence-corrected chi connectivity index (χ3v) is 4.86. The van der Waals surface area contributed by atoms with Gasteiger partial charge in [-0.2, -0.15) is 0 Å². The van der Waals surface area contributed by atoms with Crippen LogP contribution in [0.25, 0.3) is 11.1 Å². The highest BCUT2D eigenvalue weighted by Crippen LogP contribution is 2.15. The second-order valence-corrected chi connectivity index (χ2v) is 7.20. The van der Waals surface area contributed by atoms with E-state index in [-0.39, 0.29) is 6.10 Å². The van der Waals surface area contributed by atoms with Crippen LogP contribution in [0.5, 0.6) is 0 Å². The number of hydrogen-bond donors (Lipinski definition) is 1. The standard InChI is InChI=1S/C19H30N4O2/c1-21-10-12-23(13-11-21)15-16(24)14-22(2)9-5-8-19-20-17-6-3-4-7-18(17)25-19/h3-4,6-7,16,24H,5,8-15H2,1-2H3. The minimum Gasteiger partial charge on any atom is -0.441 e.